The van der Waals surface area contributed by atoms with E-state index in [4.69, 9.17) is 0 Å². The second kappa shape index (κ2) is 4.49. The van der Waals surface area contributed by atoms with Crippen molar-refractivity contribution in [3.8, 4) is 0 Å². The van der Waals surface area contributed by atoms with Crippen LogP contribution >= 0.6 is 15.9 Å². The highest BCUT2D eigenvalue weighted by molar-refractivity contribution is 9.10. The molecule has 0 aliphatic carbocycles. The summed E-state index contributed by atoms with van der Waals surface area (Å²) < 4.78 is 0.962. The highest BCUT2D eigenvalue weighted by Gasteiger charge is 2.31. The van der Waals surface area contributed by atoms with E-state index in [-0.39, 0.29) is 18.9 Å². The van der Waals surface area contributed by atoms with Gasteiger partial charge < -0.3 is 14.8 Å². The smallest absolute Gasteiger partial charge is 0.227 e. The van der Waals surface area contributed by atoms with Crippen molar-refractivity contribution in [1.82, 2.24) is 0 Å². The Morgan fingerprint density at radius 1 is 1.53 bits per heavy atom. The van der Waals surface area contributed by atoms with Gasteiger partial charge >= 0.3 is 0 Å². The molecule has 1 saturated heterocycles. The minimum Gasteiger partial charge on any atom is -0.550 e. The van der Waals surface area contributed by atoms with E-state index in [1.807, 2.05) is 19.1 Å². The maximum Gasteiger partial charge on any atom is 0.227 e. The Kier molecular flexibility index (Phi) is 3.19. The van der Waals surface area contributed by atoms with Crippen LogP contribution in [0.5, 0.6) is 0 Å². The Morgan fingerprint density at radius 3 is 2.76 bits per heavy atom. The Hall–Kier alpha value is -1.36. The van der Waals surface area contributed by atoms with E-state index in [0.29, 0.717) is 0 Å². The molecule has 0 spiro atoms. The van der Waals surface area contributed by atoms with Gasteiger partial charge in [0, 0.05) is 35.0 Å². The number of amides is 1. The highest BCUT2D eigenvalue weighted by atomic mass is 79.9. The zero-order valence-electron chi connectivity index (χ0n) is 9.27. The van der Waals surface area contributed by atoms with Gasteiger partial charge in [-0.05, 0) is 30.7 Å². The molecule has 1 atom stereocenters. The number of benzene rings is 1. The molecule has 0 aromatic heterocycles. The molecule has 1 aliphatic rings. The van der Waals surface area contributed by atoms with E-state index in [2.05, 4.69) is 15.9 Å². The highest BCUT2D eigenvalue weighted by Crippen LogP contribution is 2.28. The molecule has 1 heterocycles. The fourth-order valence-electron chi connectivity index (χ4n) is 1.91. The molecular formula is C12H11BrNO3-. The number of rotatable bonds is 2. The summed E-state index contributed by atoms with van der Waals surface area (Å²) in [5.41, 5.74) is 1.74. The van der Waals surface area contributed by atoms with Crippen LogP contribution in [0.15, 0.2) is 22.7 Å². The number of halogens is 1. The fraction of sp³-hybridized carbons (Fsp3) is 0.333. The first-order chi connectivity index (χ1) is 7.99. The quantitative estimate of drug-likeness (QED) is 0.813. The molecule has 1 aromatic carbocycles. The lowest BCUT2D eigenvalue weighted by molar-refractivity contribution is -0.310. The van der Waals surface area contributed by atoms with Crippen LogP contribution in [0.4, 0.5) is 5.69 Å². The Labute approximate surface area is 107 Å². The number of aliphatic carboxylic acids is 1. The molecule has 0 saturated carbocycles. The molecule has 1 aromatic rings. The minimum absolute atomic E-state index is 0.0252. The predicted octanol–water partition coefficient (Wildman–Crippen LogP) is 0.860. The van der Waals surface area contributed by atoms with Crippen LogP contribution in [-0.4, -0.2) is 18.4 Å². The molecule has 1 fully saturated rings. The molecule has 0 unspecified atom stereocenters. The average molecular weight is 297 g/mol. The van der Waals surface area contributed by atoms with Crippen LogP contribution in [0.2, 0.25) is 0 Å². The topological polar surface area (TPSA) is 60.4 Å². The Morgan fingerprint density at radius 2 is 2.24 bits per heavy atom. The van der Waals surface area contributed by atoms with E-state index in [1.165, 1.54) is 4.90 Å². The largest absolute Gasteiger partial charge is 0.550 e. The fourth-order valence-corrected chi connectivity index (χ4v) is 2.16. The van der Waals surface area contributed by atoms with E-state index in [0.717, 1.165) is 15.7 Å². The number of carbonyl (C=O) groups excluding carboxylic acids is 2. The number of carboxylic acid groups (broad SMARTS) is 1. The number of aryl methyl sites for hydroxylation is 1. The van der Waals surface area contributed by atoms with Gasteiger partial charge in [0.25, 0.3) is 0 Å². The van der Waals surface area contributed by atoms with Gasteiger partial charge in [0.2, 0.25) is 5.91 Å². The zero-order valence-corrected chi connectivity index (χ0v) is 10.9. The standard InChI is InChI=1S/C12H12BrNO3/c1-7-4-9(2-3-10(7)13)14-6-8(12(16)17)5-11(14)15/h2-4,8H,5-6H2,1H3,(H,16,17)/p-1/t8-/m0/s1. The van der Waals surface area contributed by atoms with Gasteiger partial charge in [-0.25, -0.2) is 0 Å². The van der Waals surface area contributed by atoms with Crippen LogP contribution in [0.3, 0.4) is 0 Å². The lowest BCUT2D eigenvalue weighted by atomic mass is 10.1. The summed E-state index contributed by atoms with van der Waals surface area (Å²) >= 11 is 3.38. The summed E-state index contributed by atoms with van der Waals surface area (Å²) in [4.78, 5) is 24.0. The van der Waals surface area contributed by atoms with Crippen LogP contribution < -0.4 is 10.0 Å². The SMILES string of the molecule is Cc1cc(N2C[C@@H](C(=O)[O-])CC2=O)ccc1Br. The average Bonchev–Trinajstić information content (AvgIpc) is 2.65. The molecular weight excluding hydrogens is 286 g/mol. The van der Waals surface area contributed by atoms with E-state index in [1.54, 1.807) is 6.07 Å². The predicted molar refractivity (Wildman–Crippen MR) is 64.3 cm³/mol. The first kappa shape index (κ1) is 12.1. The van der Waals surface area contributed by atoms with Crippen molar-refractivity contribution < 1.29 is 14.7 Å². The molecule has 1 aliphatic heterocycles. The molecule has 5 heteroatoms. The normalized spacial score (nSPS) is 19.8. The first-order valence-corrected chi connectivity index (χ1v) is 6.05. The zero-order chi connectivity index (χ0) is 12.6. The molecule has 4 nitrogen and oxygen atoms in total. The van der Waals surface area contributed by atoms with Crippen molar-refractivity contribution in [3.63, 3.8) is 0 Å². The Balaban J connectivity index is 2.26. The summed E-state index contributed by atoms with van der Waals surface area (Å²) in [5, 5.41) is 10.7. The van der Waals surface area contributed by atoms with Crippen molar-refractivity contribution in [2.24, 2.45) is 5.92 Å². The van der Waals surface area contributed by atoms with Gasteiger partial charge in [0.05, 0.1) is 0 Å². The maximum atomic E-state index is 11.7. The number of carboxylic acids is 1. The second-order valence-electron chi connectivity index (χ2n) is 4.16. The molecule has 0 bridgehead atoms. The number of carbonyl (C=O) groups is 2. The van der Waals surface area contributed by atoms with Crippen molar-refractivity contribution in [2.45, 2.75) is 13.3 Å². The van der Waals surface area contributed by atoms with Gasteiger partial charge in [-0.3, -0.25) is 4.79 Å². The summed E-state index contributed by atoms with van der Waals surface area (Å²) in [6, 6.07) is 5.51. The van der Waals surface area contributed by atoms with Gasteiger partial charge in [-0.15, -0.1) is 0 Å². The number of hydrogen-bond donors (Lipinski definition) is 0. The Bertz CT molecular complexity index is 487. The maximum absolute atomic E-state index is 11.7. The van der Waals surface area contributed by atoms with Crippen LogP contribution in [0.1, 0.15) is 12.0 Å². The molecule has 2 rings (SSSR count). The van der Waals surface area contributed by atoms with Crippen molar-refractivity contribution in [1.29, 1.82) is 0 Å². The second-order valence-corrected chi connectivity index (χ2v) is 5.01. The van der Waals surface area contributed by atoms with E-state index >= 15 is 0 Å². The summed E-state index contributed by atoms with van der Waals surface area (Å²) in [5.74, 6) is -2.03. The van der Waals surface area contributed by atoms with Crippen molar-refractivity contribution in [3.05, 3.63) is 28.2 Å². The summed E-state index contributed by atoms with van der Waals surface area (Å²) in [6.45, 7) is 2.12. The molecule has 0 N–H and O–H groups in total. The molecule has 17 heavy (non-hydrogen) atoms. The third kappa shape index (κ3) is 2.34. The van der Waals surface area contributed by atoms with Gasteiger partial charge in [0.15, 0.2) is 0 Å². The van der Waals surface area contributed by atoms with E-state index < -0.39 is 11.9 Å². The van der Waals surface area contributed by atoms with Crippen LogP contribution in [0, 0.1) is 12.8 Å². The third-order valence-corrected chi connectivity index (χ3v) is 3.80. The minimum atomic E-state index is -1.16. The summed E-state index contributed by atoms with van der Waals surface area (Å²) in [7, 11) is 0. The van der Waals surface area contributed by atoms with E-state index in [9.17, 15) is 14.7 Å². The van der Waals surface area contributed by atoms with Gasteiger partial charge in [-0.1, -0.05) is 15.9 Å². The van der Waals surface area contributed by atoms with Gasteiger partial charge in [-0.2, -0.15) is 0 Å². The van der Waals surface area contributed by atoms with Gasteiger partial charge in [0.1, 0.15) is 0 Å². The first-order valence-electron chi connectivity index (χ1n) is 5.26. The number of nitrogens with zero attached hydrogens (tertiary/aromatic N) is 1. The lowest BCUT2D eigenvalue weighted by Gasteiger charge is -2.18. The number of anilines is 1. The summed E-state index contributed by atoms with van der Waals surface area (Å²) in [6.07, 6.45) is 0.0252. The number of hydrogen-bond acceptors (Lipinski definition) is 3. The molecule has 90 valence electrons. The molecule has 0 radical (unpaired) electrons. The molecule has 1 amide bonds. The van der Waals surface area contributed by atoms with Crippen molar-refractivity contribution >= 4 is 33.5 Å². The monoisotopic (exact) mass is 296 g/mol. The van der Waals surface area contributed by atoms with Crippen molar-refractivity contribution in [2.75, 3.05) is 11.4 Å². The van der Waals surface area contributed by atoms with Crippen LogP contribution in [0.25, 0.3) is 0 Å². The lowest BCUT2D eigenvalue weighted by Crippen LogP contribution is -2.33. The third-order valence-electron chi connectivity index (χ3n) is 2.91. The van der Waals surface area contributed by atoms with Crippen LogP contribution in [-0.2, 0) is 9.59 Å².